The maximum absolute atomic E-state index is 11.3. The molecule has 0 unspecified atom stereocenters. The highest BCUT2D eigenvalue weighted by Crippen LogP contribution is 2.35. The molecule has 2 rings (SSSR count). The molecule has 0 heterocycles. The van der Waals surface area contributed by atoms with Crippen molar-refractivity contribution >= 4 is 22.7 Å². The molecule has 0 spiro atoms. The summed E-state index contributed by atoms with van der Waals surface area (Å²) in [5.74, 6) is 0.616. The molecule has 2 aromatic carbocycles. The molecule has 0 amide bonds. The average Bonchev–Trinajstić information content (AvgIpc) is 2.60. The number of hydrogen-bond acceptors (Lipinski definition) is 6. The smallest absolute Gasteiger partial charge is 0.403 e. The van der Waals surface area contributed by atoms with Gasteiger partial charge in [-0.05, 0) is 11.6 Å². The fraction of sp³-hybridized carbons (Fsp3) is 0.235. The van der Waals surface area contributed by atoms with E-state index in [1.807, 2.05) is 30.3 Å². The van der Waals surface area contributed by atoms with E-state index >= 15 is 0 Å². The summed E-state index contributed by atoms with van der Waals surface area (Å²) in [7, 11) is 1.44. The number of rotatable bonds is 8. The molecular formula is C17H16ClNO6. The van der Waals surface area contributed by atoms with Gasteiger partial charge in [-0.2, -0.15) is 0 Å². The number of methoxy groups -OCH3 is 1. The lowest BCUT2D eigenvalue weighted by molar-refractivity contribution is -0.385. The van der Waals surface area contributed by atoms with Crippen LogP contribution in [0.1, 0.15) is 11.1 Å². The second-order valence-electron chi connectivity index (χ2n) is 5.00. The van der Waals surface area contributed by atoms with Gasteiger partial charge in [0.05, 0.1) is 24.7 Å². The van der Waals surface area contributed by atoms with Crippen molar-refractivity contribution in [1.82, 2.24) is 0 Å². The highest BCUT2D eigenvalue weighted by atomic mass is 35.5. The fourth-order valence-corrected chi connectivity index (χ4v) is 2.29. The largest absolute Gasteiger partial charge is 0.493 e. The monoisotopic (exact) mass is 365 g/mol. The number of carbonyl (C=O) groups is 1. The van der Waals surface area contributed by atoms with Crippen LogP contribution < -0.4 is 9.47 Å². The Balaban J connectivity index is 2.22. The summed E-state index contributed by atoms with van der Waals surface area (Å²) in [6.07, 6.45) is 0.129. The minimum atomic E-state index is -0.961. The number of nitro benzene ring substituents is 1. The molecule has 0 aliphatic heterocycles. The van der Waals surface area contributed by atoms with E-state index in [0.717, 1.165) is 5.56 Å². The van der Waals surface area contributed by atoms with E-state index in [1.165, 1.54) is 19.2 Å². The molecule has 132 valence electrons. The van der Waals surface area contributed by atoms with Gasteiger partial charge in [0.25, 0.3) is 5.69 Å². The van der Waals surface area contributed by atoms with Gasteiger partial charge in [-0.15, -0.1) is 0 Å². The standard InChI is InChI=1S/C17H16ClNO6/c1-23-15-9-13(7-8-24-17(18)20)14(19(21)22)10-16(15)25-11-12-5-3-2-4-6-12/h2-6,9-10H,7-8,11H2,1H3. The van der Waals surface area contributed by atoms with Crippen molar-refractivity contribution in [1.29, 1.82) is 0 Å². The van der Waals surface area contributed by atoms with Crippen LogP contribution in [-0.4, -0.2) is 24.1 Å². The summed E-state index contributed by atoms with van der Waals surface area (Å²) in [4.78, 5) is 21.4. The molecular weight excluding hydrogens is 350 g/mol. The molecule has 0 saturated heterocycles. The van der Waals surface area contributed by atoms with Gasteiger partial charge in [-0.25, -0.2) is 4.79 Å². The molecule has 0 radical (unpaired) electrons. The molecule has 0 N–H and O–H groups in total. The van der Waals surface area contributed by atoms with Crippen LogP contribution in [0.15, 0.2) is 42.5 Å². The van der Waals surface area contributed by atoms with E-state index in [1.54, 1.807) is 0 Å². The summed E-state index contributed by atoms with van der Waals surface area (Å²) in [5, 5.41) is 11.3. The van der Waals surface area contributed by atoms with Gasteiger partial charge in [-0.3, -0.25) is 10.1 Å². The summed E-state index contributed by atoms with van der Waals surface area (Å²) >= 11 is 5.09. The molecule has 0 aromatic heterocycles. The number of hydrogen-bond donors (Lipinski definition) is 0. The van der Waals surface area contributed by atoms with E-state index in [-0.39, 0.29) is 31.1 Å². The van der Waals surface area contributed by atoms with Crippen LogP contribution in [0.25, 0.3) is 0 Å². The van der Waals surface area contributed by atoms with E-state index in [9.17, 15) is 14.9 Å². The molecule has 0 atom stereocenters. The van der Waals surface area contributed by atoms with Gasteiger partial charge in [0.2, 0.25) is 0 Å². The van der Waals surface area contributed by atoms with Crippen molar-refractivity contribution in [2.24, 2.45) is 0 Å². The summed E-state index contributed by atoms with van der Waals surface area (Å²) in [6.45, 7) is 0.175. The molecule has 25 heavy (non-hydrogen) atoms. The lowest BCUT2D eigenvalue weighted by Crippen LogP contribution is -2.05. The quantitative estimate of drug-likeness (QED) is 0.397. The SMILES string of the molecule is COc1cc(CCOC(=O)Cl)c([N+](=O)[O-])cc1OCc1ccccc1. The molecule has 0 bridgehead atoms. The predicted octanol–water partition coefficient (Wildman–Crippen LogP) is 4.10. The van der Waals surface area contributed by atoms with E-state index in [0.29, 0.717) is 11.3 Å². The van der Waals surface area contributed by atoms with Gasteiger partial charge in [0.1, 0.15) is 6.61 Å². The summed E-state index contributed by atoms with van der Waals surface area (Å²) in [6, 6.07) is 12.2. The predicted molar refractivity (Wildman–Crippen MR) is 91.3 cm³/mol. The second kappa shape index (κ2) is 8.89. The Labute approximate surface area is 149 Å². The minimum Gasteiger partial charge on any atom is -0.493 e. The Bertz CT molecular complexity index is 750. The van der Waals surface area contributed by atoms with Crippen LogP contribution in [0.5, 0.6) is 11.5 Å². The Morgan fingerprint density at radius 1 is 1.20 bits per heavy atom. The number of halogens is 1. The van der Waals surface area contributed by atoms with Crippen LogP contribution in [0, 0.1) is 10.1 Å². The second-order valence-corrected chi connectivity index (χ2v) is 5.31. The van der Waals surface area contributed by atoms with Crippen LogP contribution in [0.4, 0.5) is 10.5 Å². The number of carbonyl (C=O) groups excluding carboxylic acids is 1. The van der Waals surface area contributed by atoms with Crippen molar-refractivity contribution in [2.75, 3.05) is 13.7 Å². The third kappa shape index (κ3) is 5.36. The maximum atomic E-state index is 11.3. The Hall–Kier alpha value is -2.80. The normalized spacial score (nSPS) is 10.2. The van der Waals surface area contributed by atoms with Crippen LogP contribution in [0.2, 0.25) is 0 Å². The molecule has 8 heteroatoms. The minimum absolute atomic E-state index is 0.0729. The molecule has 0 aliphatic carbocycles. The third-order valence-electron chi connectivity index (χ3n) is 3.39. The molecule has 0 saturated carbocycles. The first kappa shape index (κ1) is 18.5. The molecule has 0 fully saturated rings. The molecule has 7 nitrogen and oxygen atoms in total. The van der Waals surface area contributed by atoms with Crippen LogP contribution in [0.3, 0.4) is 0 Å². The van der Waals surface area contributed by atoms with E-state index < -0.39 is 10.4 Å². The zero-order valence-corrected chi connectivity index (χ0v) is 14.2. The maximum Gasteiger partial charge on any atom is 0.403 e. The van der Waals surface area contributed by atoms with Gasteiger partial charge in [0, 0.05) is 23.6 Å². The first-order valence-corrected chi connectivity index (χ1v) is 7.73. The van der Waals surface area contributed by atoms with Gasteiger partial charge in [0.15, 0.2) is 11.5 Å². The van der Waals surface area contributed by atoms with Crippen LogP contribution >= 0.6 is 11.6 Å². The highest BCUT2D eigenvalue weighted by molar-refractivity contribution is 6.61. The average molecular weight is 366 g/mol. The Morgan fingerprint density at radius 2 is 1.92 bits per heavy atom. The number of nitro groups is 1. The molecule has 2 aromatic rings. The van der Waals surface area contributed by atoms with Crippen molar-refractivity contribution in [3.05, 3.63) is 63.7 Å². The topological polar surface area (TPSA) is 87.9 Å². The molecule has 0 aliphatic rings. The van der Waals surface area contributed by atoms with E-state index in [4.69, 9.17) is 21.1 Å². The van der Waals surface area contributed by atoms with Gasteiger partial charge in [-0.1, -0.05) is 30.3 Å². The number of nitrogens with zero attached hydrogens (tertiary/aromatic N) is 1. The Morgan fingerprint density at radius 3 is 2.52 bits per heavy atom. The zero-order valence-electron chi connectivity index (χ0n) is 13.4. The van der Waals surface area contributed by atoms with E-state index in [2.05, 4.69) is 4.74 Å². The van der Waals surface area contributed by atoms with Gasteiger partial charge >= 0.3 is 5.43 Å². The van der Waals surface area contributed by atoms with Crippen molar-refractivity contribution in [3.8, 4) is 11.5 Å². The van der Waals surface area contributed by atoms with Crippen molar-refractivity contribution in [2.45, 2.75) is 13.0 Å². The van der Waals surface area contributed by atoms with Gasteiger partial charge < -0.3 is 14.2 Å². The van der Waals surface area contributed by atoms with Crippen molar-refractivity contribution < 1.29 is 23.9 Å². The zero-order chi connectivity index (χ0) is 18.2. The number of ether oxygens (including phenoxy) is 3. The highest BCUT2D eigenvalue weighted by Gasteiger charge is 2.20. The Kier molecular flexibility index (Phi) is 6.59. The fourth-order valence-electron chi connectivity index (χ4n) is 2.21. The summed E-state index contributed by atoms with van der Waals surface area (Å²) < 4.78 is 15.5. The number of benzene rings is 2. The lowest BCUT2D eigenvalue weighted by Gasteiger charge is -2.13. The lowest BCUT2D eigenvalue weighted by atomic mass is 10.1. The van der Waals surface area contributed by atoms with Crippen LogP contribution in [-0.2, 0) is 17.8 Å². The first-order valence-electron chi connectivity index (χ1n) is 7.35. The van der Waals surface area contributed by atoms with Crippen molar-refractivity contribution in [3.63, 3.8) is 0 Å². The first-order chi connectivity index (χ1) is 12.0. The summed E-state index contributed by atoms with van der Waals surface area (Å²) in [5.41, 5.74) is 0.170. The third-order valence-corrected chi connectivity index (χ3v) is 3.49.